The van der Waals surface area contributed by atoms with Crippen LogP contribution in [0.3, 0.4) is 0 Å². The van der Waals surface area contributed by atoms with Crippen LogP contribution in [0.15, 0.2) is 36.5 Å². The number of nitrogens with one attached hydrogen (secondary N) is 1. The zero-order valence-corrected chi connectivity index (χ0v) is 10.8. The largest absolute Gasteiger partial charge is 0.508 e. The highest BCUT2D eigenvalue weighted by atomic mass is 16.5. The summed E-state index contributed by atoms with van der Waals surface area (Å²) in [6.07, 6.45) is 3.56. The topological polar surface area (TPSA) is 54.4 Å². The molecule has 98 valence electrons. The van der Waals surface area contributed by atoms with Crippen LogP contribution >= 0.6 is 0 Å². The summed E-state index contributed by atoms with van der Waals surface area (Å²) >= 11 is 0. The Morgan fingerprint density at radius 3 is 3.05 bits per heavy atom. The summed E-state index contributed by atoms with van der Waals surface area (Å²) in [7, 11) is 1.61. The minimum atomic E-state index is 0.195. The van der Waals surface area contributed by atoms with Crippen molar-refractivity contribution < 1.29 is 9.84 Å². The molecule has 0 bridgehead atoms. The maximum Gasteiger partial charge on any atom is 0.237 e. The van der Waals surface area contributed by atoms with Crippen molar-refractivity contribution in [1.29, 1.82) is 0 Å². The molecule has 1 aliphatic carbocycles. The van der Waals surface area contributed by atoms with Crippen LogP contribution in [0.5, 0.6) is 11.6 Å². The van der Waals surface area contributed by atoms with Gasteiger partial charge in [-0.1, -0.05) is 12.1 Å². The number of benzene rings is 1. The van der Waals surface area contributed by atoms with Gasteiger partial charge in [0.25, 0.3) is 0 Å². The number of anilines is 1. The first-order valence-corrected chi connectivity index (χ1v) is 6.36. The second-order valence-corrected chi connectivity index (χ2v) is 4.64. The van der Waals surface area contributed by atoms with Gasteiger partial charge in [-0.2, -0.15) is 0 Å². The number of pyridine rings is 1. The second kappa shape index (κ2) is 4.80. The predicted molar refractivity (Wildman–Crippen MR) is 73.6 cm³/mol. The molecule has 0 aliphatic heterocycles. The van der Waals surface area contributed by atoms with Crippen molar-refractivity contribution in [2.24, 2.45) is 0 Å². The number of hydrogen-bond donors (Lipinski definition) is 2. The van der Waals surface area contributed by atoms with Crippen molar-refractivity contribution in [2.75, 3.05) is 12.4 Å². The van der Waals surface area contributed by atoms with E-state index in [1.54, 1.807) is 19.4 Å². The molecule has 3 rings (SSSR count). The Kier molecular flexibility index (Phi) is 2.99. The van der Waals surface area contributed by atoms with Gasteiger partial charge in [0.15, 0.2) is 0 Å². The van der Waals surface area contributed by atoms with E-state index in [-0.39, 0.29) is 6.04 Å². The monoisotopic (exact) mass is 256 g/mol. The molecule has 1 aromatic carbocycles. The Labute approximate surface area is 112 Å². The molecule has 4 nitrogen and oxygen atoms in total. The zero-order valence-electron chi connectivity index (χ0n) is 10.8. The smallest absolute Gasteiger partial charge is 0.237 e. The average molecular weight is 256 g/mol. The fraction of sp³-hybridized carbons (Fsp3) is 0.267. The van der Waals surface area contributed by atoms with Crippen molar-refractivity contribution in [3.8, 4) is 11.6 Å². The van der Waals surface area contributed by atoms with Crippen molar-refractivity contribution in [1.82, 2.24) is 4.98 Å². The SMILES string of the molecule is COc1ncccc1NC1CCc2c(O)cccc21. The van der Waals surface area contributed by atoms with E-state index in [4.69, 9.17) is 4.74 Å². The van der Waals surface area contributed by atoms with E-state index in [1.807, 2.05) is 18.2 Å². The summed E-state index contributed by atoms with van der Waals surface area (Å²) in [6, 6.07) is 9.71. The molecule has 0 saturated carbocycles. The van der Waals surface area contributed by atoms with E-state index in [9.17, 15) is 5.11 Å². The lowest BCUT2D eigenvalue weighted by molar-refractivity contribution is 0.399. The van der Waals surface area contributed by atoms with E-state index >= 15 is 0 Å². The number of fused-ring (bicyclic) bond motifs is 1. The zero-order chi connectivity index (χ0) is 13.2. The van der Waals surface area contributed by atoms with Crippen LogP contribution in [0.2, 0.25) is 0 Å². The number of phenols is 1. The average Bonchev–Trinajstić information content (AvgIpc) is 2.84. The molecule has 1 heterocycles. The highest BCUT2D eigenvalue weighted by molar-refractivity contribution is 5.56. The maximum absolute atomic E-state index is 9.85. The molecule has 1 aliphatic rings. The predicted octanol–water partition coefficient (Wildman–Crippen LogP) is 2.90. The van der Waals surface area contributed by atoms with Gasteiger partial charge in [-0.15, -0.1) is 0 Å². The lowest BCUT2D eigenvalue weighted by Gasteiger charge is -2.17. The lowest BCUT2D eigenvalue weighted by Crippen LogP contribution is -2.08. The van der Waals surface area contributed by atoms with Gasteiger partial charge in [0.05, 0.1) is 18.8 Å². The molecule has 0 radical (unpaired) electrons. The van der Waals surface area contributed by atoms with E-state index in [0.29, 0.717) is 11.6 Å². The Morgan fingerprint density at radius 2 is 2.21 bits per heavy atom. The van der Waals surface area contributed by atoms with Gasteiger partial charge in [-0.25, -0.2) is 4.98 Å². The highest BCUT2D eigenvalue weighted by Gasteiger charge is 2.25. The van der Waals surface area contributed by atoms with Gasteiger partial charge in [0.2, 0.25) is 5.88 Å². The lowest BCUT2D eigenvalue weighted by atomic mass is 10.1. The van der Waals surface area contributed by atoms with Crippen LogP contribution in [0.4, 0.5) is 5.69 Å². The van der Waals surface area contributed by atoms with Gasteiger partial charge in [-0.05, 0) is 42.2 Å². The first kappa shape index (κ1) is 11.8. The van der Waals surface area contributed by atoms with Crippen LogP contribution in [0, 0.1) is 0 Å². The number of aromatic nitrogens is 1. The Balaban J connectivity index is 1.89. The molecule has 19 heavy (non-hydrogen) atoms. The van der Waals surface area contributed by atoms with Gasteiger partial charge >= 0.3 is 0 Å². The normalized spacial score (nSPS) is 17.0. The number of rotatable bonds is 3. The standard InChI is InChI=1S/C15H16N2O2/c1-19-15-13(5-3-9-16-15)17-12-8-7-11-10(12)4-2-6-14(11)18/h2-6,9,12,17-18H,7-8H2,1H3. The van der Waals surface area contributed by atoms with Gasteiger partial charge in [0, 0.05) is 6.20 Å². The number of aromatic hydroxyl groups is 1. The summed E-state index contributed by atoms with van der Waals surface area (Å²) in [5.41, 5.74) is 3.08. The molecule has 4 heteroatoms. The van der Waals surface area contributed by atoms with Crippen molar-refractivity contribution in [3.63, 3.8) is 0 Å². The highest BCUT2D eigenvalue weighted by Crippen LogP contribution is 2.39. The number of hydrogen-bond acceptors (Lipinski definition) is 4. The summed E-state index contributed by atoms with van der Waals surface area (Å²) in [6.45, 7) is 0. The maximum atomic E-state index is 9.85. The molecule has 2 N–H and O–H groups in total. The molecule has 1 unspecified atom stereocenters. The summed E-state index contributed by atoms with van der Waals surface area (Å²) < 4.78 is 5.24. The van der Waals surface area contributed by atoms with E-state index in [1.165, 1.54) is 0 Å². The molecule has 1 aromatic heterocycles. The summed E-state index contributed by atoms with van der Waals surface area (Å²) in [5.74, 6) is 0.982. The summed E-state index contributed by atoms with van der Waals surface area (Å²) in [5, 5.41) is 13.3. The number of phenolic OH excluding ortho intramolecular Hbond substituents is 1. The minimum Gasteiger partial charge on any atom is -0.508 e. The minimum absolute atomic E-state index is 0.195. The van der Waals surface area contributed by atoms with E-state index in [2.05, 4.69) is 16.4 Å². The number of methoxy groups -OCH3 is 1. The van der Waals surface area contributed by atoms with Crippen molar-refractivity contribution in [3.05, 3.63) is 47.7 Å². The van der Waals surface area contributed by atoms with Crippen LogP contribution in [-0.4, -0.2) is 17.2 Å². The van der Waals surface area contributed by atoms with E-state index in [0.717, 1.165) is 29.7 Å². The van der Waals surface area contributed by atoms with Crippen molar-refractivity contribution in [2.45, 2.75) is 18.9 Å². The van der Waals surface area contributed by atoms with Crippen molar-refractivity contribution >= 4 is 5.69 Å². The third-order valence-corrected chi connectivity index (χ3v) is 3.54. The van der Waals surface area contributed by atoms with Crippen LogP contribution in [-0.2, 0) is 6.42 Å². The van der Waals surface area contributed by atoms with Crippen LogP contribution in [0.1, 0.15) is 23.6 Å². The number of nitrogens with zero attached hydrogens (tertiary/aromatic N) is 1. The molecule has 0 saturated heterocycles. The van der Waals surface area contributed by atoms with Gasteiger partial charge in [-0.3, -0.25) is 0 Å². The quantitative estimate of drug-likeness (QED) is 0.886. The molecular formula is C15H16N2O2. The Morgan fingerprint density at radius 1 is 1.32 bits per heavy atom. The summed E-state index contributed by atoms with van der Waals surface area (Å²) in [4.78, 5) is 4.18. The van der Waals surface area contributed by atoms with Crippen LogP contribution < -0.4 is 10.1 Å². The molecule has 0 spiro atoms. The Bertz CT molecular complexity index is 598. The van der Waals surface area contributed by atoms with Gasteiger partial charge in [0.1, 0.15) is 5.75 Å². The van der Waals surface area contributed by atoms with Crippen LogP contribution in [0.25, 0.3) is 0 Å². The second-order valence-electron chi connectivity index (χ2n) is 4.64. The third kappa shape index (κ3) is 2.10. The molecule has 0 fully saturated rings. The first-order chi connectivity index (χ1) is 9.29. The fourth-order valence-electron chi connectivity index (χ4n) is 2.64. The van der Waals surface area contributed by atoms with Gasteiger partial charge < -0.3 is 15.2 Å². The van der Waals surface area contributed by atoms with E-state index < -0.39 is 0 Å². The Hall–Kier alpha value is -2.23. The fourth-order valence-corrected chi connectivity index (χ4v) is 2.64. The molecule has 0 amide bonds. The third-order valence-electron chi connectivity index (χ3n) is 3.54. The molecular weight excluding hydrogens is 240 g/mol. The number of ether oxygens (including phenoxy) is 1. The molecule has 2 aromatic rings. The first-order valence-electron chi connectivity index (χ1n) is 6.36. The molecule has 1 atom stereocenters.